The Hall–Kier alpha value is -3.29. The van der Waals surface area contributed by atoms with Crippen LogP contribution in [0.2, 0.25) is 0 Å². The van der Waals surface area contributed by atoms with Crippen LogP contribution in [0.1, 0.15) is 24.1 Å². The molecule has 0 radical (unpaired) electrons. The van der Waals surface area contributed by atoms with E-state index >= 15 is 0 Å². The van der Waals surface area contributed by atoms with E-state index in [4.69, 9.17) is 11.5 Å². The number of aromatic nitrogens is 3. The highest BCUT2D eigenvalue weighted by Gasteiger charge is 2.27. The Kier molecular flexibility index (Phi) is 4.14. The first-order valence-corrected chi connectivity index (χ1v) is 8.71. The van der Waals surface area contributed by atoms with E-state index in [1.54, 1.807) is 12.1 Å². The lowest BCUT2D eigenvalue weighted by atomic mass is 10.0. The number of rotatable bonds is 3. The van der Waals surface area contributed by atoms with Gasteiger partial charge in [-0.1, -0.05) is 24.3 Å². The van der Waals surface area contributed by atoms with Crippen molar-refractivity contribution in [2.24, 2.45) is 0 Å². The fraction of sp³-hybridized carbons (Fsp3) is 0.200. The van der Waals surface area contributed by atoms with Crippen LogP contribution in [0.15, 0.2) is 48.7 Å². The molecular formula is C20H18F3N5. The third-order valence-corrected chi connectivity index (χ3v) is 4.89. The number of nitrogen functional groups attached to an aromatic ring is 2. The first-order chi connectivity index (χ1) is 13.2. The Morgan fingerprint density at radius 2 is 1.71 bits per heavy atom. The molecule has 0 saturated carbocycles. The molecule has 0 saturated heterocycles. The molecule has 5 nitrogen and oxygen atoms in total. The predicted molar refractivity (Wildman–Crippen MR) is 104 cm³/mol. The maximum absolute atomic E-state index is 12.6. The monoisotopic (exact) mass is 385 g/mol. The zero-order valence-electron chi connectivity index (χ0n) is 15.0. The Morgan fingerprint density at radius 3 is 2.39 bits per heavy atom. The summed E-state index contributed by atoms with van der Waals surface area (Å²) >= 11 is 0. The number of hydrogen-bond acceptors (Lipinski definition) is 4. The number of alkyl halides is 3. The quantitative estimate of drug-likeness (QED) is 0.545. The molecule has 0 aliphatic rings. The van der Waals surface area contributed by atoms with Gasteiger partial charge in [-0.3, -0.25) is 0 Å². The number of anilines is 2. The van der Waals surface area contributed by atoms with E-state index < -0.39 is 12.6 Å². The van der Waals surface area contributed by atoms with E-state index in [0.29, 0.717) is 11.3 Å². The highest BCUT2D eigenvalue weighted by Crippen LogP contribution is 2.32. The van der Waals surface area contributed by atoms with Crippen LogP contribution in [0.4, 0.5) is 24.9 Å². The number of benzene rings is 2. The van der Waals surface area contributed by atoms with E-state index in [0.717, 1.165) is 21.9 Å². The van der Waals surface area contributed by atoms with Crippen LogP contribution in [0, 0.1) is 0 Å². The molecule has 2 aromatic carbocycles. The minimum Gasteiger partial charge on any atom is -0.383 e. The van der Waals surface area contributed by atoms with Gasteiger partial charge in [0.2, 0.25) is 5.95 Å². The van der Waals surface area contributed by atoms with Gasteiger partial charge in [0.05, 0.1) is 23.4 Å². The number of fused-ring (bicyclic) bond motifs is 3. The number of halogens is 3. The molecule has 0 fully saturated rings. The average Bonchev–Trinajstić information content (AvgIpc) is 3.03. The van der Waals surface area contributed by atoms with Crippen molar-refractivity contribution in [3.8, 4) is 0 Å². The molecule has 4 rings (SSSR count). The summed E-state index contributed by atoms with van der Waals surface area (Å²) in [6, 6.07) is 12.1. The van der Waals surface area contributed by atoms with Crippen LogP contribution in [-0.2, 0) is 6.42 Å². The Balaban J connectivity index is 1.74. The predicted octanol–water partition coefficient (Wildman–Crippen LogP) is 4.46. The van der Waals surface area contributed by atoms with Crippen molar-refractivity contribution in [3.63, 3.8) is 0 Å². The summed E-state index contributed by atoms with van der Waals surface area (Å²) < 4.78 is 39.7. The maximum Gasteiger partial charge on any atom is 0.393 e. The molecule has 0 aliphatic carbocycles. The van der Waals surface area contributed by atoms with Gasteiger partial charge in [0, 0.05) is 17.1 Å². The number of hydrogen-bond donors (Lipinski definition) is 2. The van der Waals surface area contributed by atoms with Crippen LogP contribution in [0.3, 0.4) is 0 Å². The second-order valence-electron chi connectivity index (χ2n) is 6.79. The van der Waals surface area contributed by atoms with Gasteiger partial charge < -0.3 is 16.0 Å². The first-order valence-electron chi connectivity index (χ1n) is 8.71. The molecule has 0 spiro atoms. The van der Waals surface area contributed by atoms with Gasteiger partial charge in [0.1, 0.15) is 5.82 Å². The maximum atomic E-state index is 12.6. The smallest absolute Gasteiger partial charge is 0.383 e. The molecule has 28 heavy (non-hydrogen) atoms. The number of nitrogens with two attached hydrogens (primary N) is 2. The number of nitrogens with zero attached hydrogens (tertiary/aromatic N) is 3. The Labute approximate surface area is 158 Å². The van der Waals surface area contributed by atoms with Crippen molar-refractivity contribution in [1.29, 1.82) is 0 Å². The Morgan fingerprint density at radius 1 is 1.00 bits per heavy atom. The van der Waals surface area contributed by atoms with E-state index in [1.807, 2.05) is 35.9 Å². The van der Waals surface area contributed by atoms with E-state index in [1.165, 1.54) is 12.1 Å². The molecule has 144 valence electrons. The normalized spacial score (nSPS) is 13.3. The van der Waals surface area contributed by atoms with Gasteiger partial charge in [-0.05, 0) is 36.2 Å². The summed E-state index contributed by atoms with van der Waals surface area (Å²) in [4.78, 5) is 8.27. The molecule has 0 aliphatic heterocycles. The molecule has 2 aromatic heterocycles. The van der Waals surface area contributed by atoms with Gasteiger partial charge in [-0.15, -0.1) is 0 Å². The minimum absolute atomic E-state index is 0.0780. The average molecular weight is 385 g/mol. The molecule has 1 unspecified atom stereocenters. The first kappa shape index (κ1) is 18.1. The van der Waals surface area contributed by atoms with Gasteiger partial charge in [0.25, 0.3) is 0 Å². The van der Waals surface area contributed by atoms with Crippen molar-refractivity contribution in [2.45, 2.75) is 25.6 Å². The fourth-order valence-corrected chi connectivity index (χ4v) is 3.56. The lowest BCUT2D eigenvalue weighted by Crippen LogP contribution is -2.11. The lowest BCUT2D eigenvalue weighted by molar-refractivity contribution is -0.127. The Bertz CT molecular complexity index is 1160. The highest BCUT2D eigenvalue weighted by molar-refractivity contribution is 6.10. The van der Waals surface area contributed by atoms with Crippen LogP contribution in [-0.4, -0.2) is 20.7 Å². The lowest BCUT2D eigenvalue weighted by Gasteiger charge is -2.17. The second kappa shape index (κ2) is 6.40. The van der Waals surface area contributed by atoms with Gasteiger partial charge in [-0.25, -0.2) is 4.98 Å². The molecular weight excluding hydrogens is 367 g/mol. The third kappa shape index (κ3) is 3.21. The molecule has 4 N–H and O–H groups in total. The largest absolute Gasteiger partial charge is 0.393 e. The van der Waals surface area contributed by atoms with Gasteiger partial charge in [-0.2, -0.15) is 18.2 Å². The van der Waals surface area contributed by atoms with Crippen LogP contribution in [0.5, 0.6) is 0 Å². The van der Waals surface area contributed by atoms with Crippen molar-refractivity contribution in [3.05, 3.63) is 59.8 Å². The molecule has 8 heteroatoms. The van der Waals surface area contributed by atoms with Crippen molar-refractivity contribution in [2.75, 3.05) is 11.5 Å². The highest BCUT2D eigenvalue weighted by atomic mass is 19.4. The van der Waals surface area contributed by atoms with Crippen LogP contribution >= 0.6 is 0 Å². The van der Waals surface area contributed by atoms with Crippen molar-refractivity contribution >= 4 is 33.6 Å². The SMILES string of the molecule is CC(c1ccc(CC(F)(F)F)cc1)n1ccc2c3c(N)nc(N)nc3ccc21. The summed E-state index contributed by atoms with van der Waals surface area (Å²) in [6.45, 7) is 1.99. The van der Waals surface area contributed by atoms with Crippen LogP contribution < -0.4 is 11.5 Å². The minimum atomic E-state index is -4.21. The summed E-state index contributed by atoms with van der Waals surface area (Å²) in [7, 11) is 0. The topological polar surface area (TPSA) is 82.8 Å². The van der Waals surface area contributed by atoms with Crippen molar-refractivity contribution < 1.29 is 13.2 Å². The van der Waals surface area contributed by atoms with E-state index in [2.05, 4.69) is 9.97 Å². The summed E-state index contributed by atoms with van der Waals surface area (Å²) in [5, 5.41) is 1.63. The molecule has 0 amide bonds. The third-order valence-electron chi connectivity index (χ3n) is 4.89. The zero-order valence-corrected chi connectivity index (χ0v) is 15.0. The molecule has 2 heterocycles. The van der Waals surface area contributed by atoms with E-state index in [9.17, 15) is 13.2 Å². The summed E-state index contributed by atoms with van der Waals surface area (Å²) in [5.41, 5.74) is 14.5. The van der Waals surface area contributed by atoms with E-state index in [-0.39, 0.29) is 17.6 Å². The van der Waals surface area contributed by atoms with Gasteiger partial charge in [0.15, 0.2) is 0 Å². The summed E-state index contributed by atoms with van der Waals surface area (Å²) in [5.74, 6) is 0.436. The zero-order chi connectivity index (χ0) is 20.1. The molecule has 1 atom stereocenters. The van der Waals surface area contributed by atoms with Gasteiger partial charge >= 0.3 is 6.18 Å². The second-order valence-corrected chi connectivity index (χ2v) is 6.79. The molecule has 0 bridgehead atoms. The standard InChI is InChI=1S/C20H18F3N5/c1-11(13-4-2-12(3-5-13)10-20(21,22)23)28-9-8-14-16(28)7-6-15-17(14)18(24)27-19(25)26-15/h2-9,11H,10H2,1H3,(H4,24,25,26,27). The molecule has 4 aromatic rings. The van der Waals surface area contributed by atoms with Crippen LogP contribution in [0.25, 0.3) is 21.8 Å². The summed E-state index contributed by atoms with van der Waals surface area (Å²) in [6.07, 6.45) is -3.22. The van der Waals surface area contributed by atoms with Crippen molar-refractivity contribution in [1.82, 2.24) is 14.5 Å². The fourth-order valence-electron chi connectivity index (χ4n) is 3.56.